The minimum Gasteiger partial charge on any atom is -0.467 e. The topological polar surface area (TPSA) is 63.5 Å². The van der Waals surface area contributed by atoms with Crippen molar-refractivity contribution in [1.82, 2.24) is 10.6 Å². The number of nitrogens with one attached hydrogen (secondary N) is 2. The number of amides is 2. The van der Waals surface area contributed by atoms with Crippen LogP contribution in [-0.4, -0.2) is 25.3 Å². The van der Waals surface area contributed by atoms with Gasteiger partial charge in [-0.1, -0.05) is 13.8 Å². The zero-order valence-corrected chi connectivity index (χ0v) is 12.4. The normalized spacial score (nSPS) is 23.8. The fourth-order valence-corrected chi connectivity index (χ4v) is 2.69. The largest absolute Gasteiger partial charge is 0.467 e. The van der Waals surface area contributed by atoms with Gasteiger partial charge in [0, 0.05) is 19.1 Å². The molecule has 1 fully saturated rings. The van der Waals surface area contributed by atoms with Gasteiger partial charge in [0.1, 0.15) is 5.76 Å². The Hall–Kier alpha value is -1.49. The molecule has 20 heavy (non-hydrogen) atoms. The summed E-state index contributed by atoms with van der Waals surface area (Å²) in [6, 6.07) is 3.37. The highest BCUT2D eigenvalue weighted by Crippen LogP contribution is 2.26. The van der Waals surface area contributed by atoms with Gasteiger partial charge in [-0.25, -0.2) is 4.79 Å². The molecule has 0 aliphatic carbocycles. The van der Waals surface area contributed by atoms with Crippen LogP contribution in [-0.2, 0) is 4.74 Å². The molecular weight excluding hydrogens is 256 g/mol. The van der Waals surface area contributed by atoms with Gasteiger partial charge in [-0.15, -0.1) is 0 Å². The second kappa shape index (κ2) is 6.79. The van der Waals surface area contributed by atoms with Crippen LogP contribution in [0.3, 0.4) is 0 Å². The van der Waals surface area contributed by atoms with Crippen LogP contribution in [0.2, 0.25) is 0 Å². The van der Waals surface area contributed by atoms with Crippen LogP contribution >= 0.6 is 0 Å². The van der Waals surface area contributed by atoms with Crippen molar-refractivity contribution in [2.24, 2.45) is 11.8 Å². The van der Waals surface area contributed by atoms with Gasteiger partial charge >= 0.3 is 6.03 Å². The van der Waals surface area contributed by atoms with Crippen molar-refractivity contribution in [2.75, 3.05) is 13.2 Å². The van der Waals surface area contributed by atoms with E-state index in [4.69, 9.17) is 9.15 Å². The van der Waals surface area contributed by atoms with Crippen LogP contribution in [0.25, 0.3) is 0 Å². The quantitative estimate of drug-likeness (QED) is 0.871. The summed E-state index contributed by atoms with van der Waals surface area (Å²) in [7, 11) is 0. The van der Waals surface area contributed by atoms with Gasteiger partial charge < -0.3 is 19.8 Å². The Morgan fingerprint density at radius 2 is 2.25 bits per heavy atom. The third-order valence-corrected chi connectivity index (χ3v) is 3.76. The van der Waals surface area contributed by atoms with Gasteiger partial charge in [0.25, 0.3) is 0 Å². The Morgan fingerprint density at radius 1 is 1.45 bits per heavy atom. The van der Waals surface area contributed by atoms with Gasteiger partial charge in [0.15, 0.2) is 0 Å². The molecule has 1 saturated heterocycles. The molecule has 0 unspecified atom stereocenters. The maximum Gasteiger partial charge on any atom is 0.315 e. The predicted octanol–water partition coefficient (Wildman–Crippen LogP) is 2.70. The van der Waals surface area contributed by atoms with E-state index in [-0.39, 0.29) is 18.2 Å². The SMILES string of the molecule is CC(C)[C@H]1OCC[C@@H]1CNC(=O)N[C@H](C)c1ccco1. The zero-order valence-electron chi connectivity index (χ0n) is 12.4. The number of ether oxygens (including phenoxy) is 1. The lowest BCUT2D eigenvalue weighted by Crippen LogP contribution is -2.41. The molecule has 5 nitrogen and oxygen atoms in total. The number of rotatable bonds is 5. The number of urea groups is 1. The first-order valence-electron chi connectivity index (χ1n) is 7.27. The summed E-state index contributed by atoms with van der Waals surface area (Å²) in [5, 5.41) is 5.80. The number of hydrogen-bond donors (Lipinski definition) is 2. The van der Waals surface area contributed by atoms with E-state index < -0.39 is 0 Å². The predicted molar refractivity (Wildman–Crippen MR) is 76.3 cm³/mol. The smallest absolute Gasteiger partial charge is 0.315 e. The lowest BCUT2D eigenvalue weighted by atomic mass is 9.93. The first kappa shape index (κ1) is 14.9. The van der Waals surface area contributed by atoms with E-state index in [9.17, 15) is 4.79 Å². The third-order valence-electron chi connectivity index (χ3n) is 3.76. The van der Waals surface area contributed by atoms with E-state index in [1.807, 2.05) is 19.1 Å². The van der Waals surface area contributed by atoms with Gasteiger partial charge in [-0.2, -0.15) is 0 Å². The first-order chi connectivity index (χ1) is 9.58. The van der Waals surface area contributed by atoms with Crippen LogP contribution in [0.5, 0.6) is 0 Å². The molecular formula is C15H24N2O3. The summed E-state index contributed by atoms with van der Waals surface area (Å²) in [6.07, 6.45) is 2.86. The summed E-state index contributed by atoms with van der Waals surface area (Å²) in [4.78, 5) is 11.9. The maximum absolute atomic E-state index is 11.9. The van der Waals surface area contributed by atoms with Crippen molar-refractivity contribution in [3.8, 4) is 0 Å². The summed E-state index contributed by atoms with van der Waals surface area (Å²) in [6.45, 7) is 7.65. The fourth-order valence-electron chi connectivity index (χ4n) is 2.69. The molecule has 0 spiro atoms. The standard InChI is InChI=1S/C15H24N2O3/c1-10(2)14-12(6-8-20-14)9-16-15(18)17-11(3)13-5-4-7-19-13/h4-5,7,10-12,14H,6,8-9H2,1-3H3,(H2,16,17,18)/t11-,12-,14-/m1/s1. The van der Waals surface area contributed by atoms with Crippen LogP contribution < -0.4 is 10.6 Å². The molecule has 2 rings (SSSR count). The maximum atomic E-state index is 11.9. The van der Waals surface area contributed by atoms with Crippen LogP contribution in [0.1, 0.15) is 39.0 Å². The molecule has 0 saturated carbocycles. The van der Waals surface area contributed by atoms with Crippen LogP contribution in [0.4, 0.5) is 4.79 Å². The Bertz CT molecular complexity index is 417. The van der Waals surface area contributed by atoms with E-state index >= 15 is 0 Å². The molecule has 1 aliphatic heterocycles. The Morgan fingerprint density at radius 3 is 2.90 bits per heavy atom. The van der Waals surface area contributed by atoms with E-state index in [1.54, 1.807) is 6.26 Å². The molecule has 5 heteroatoms. The number of furan rings is 1. The molecule has 0 radical (unpaired) electrons. The van der Waals surface area contributed by atoms with E-state index in [0.717, 1.165) is 18.8 Å². The molecule has 0 aromatic carbocycles. The molecule has 0 bridgehead atoms. The Balaban J connectivity index is 1.75. The average molecular weight is 280 g/mol. The molecule has 1 aromatic heterocycles. The van der Waals surface area contributed by atoms with Crippen molar-refractivity contribution in [3.63, 3.8) is 0 Å². The van der Waals surface area contributed by atoms with Crippen LogP contribution in [0.15, 0.2) is 22.8 Å². The van der Waals surface area contributed by atoms with Crippen molar-refractivity contribution in [1.29, 1.82) is 0 Å². The molecule has 3 atom stereocenters. The highest BCUT2D eigenvalue weighted by Gasteiger charge is 2.30. The summed E-state index contributed by atoms with van der Waals surface area (Å²) >= 11 is 0. The fraction of sp³-hybridized carbons (Fsp3) is 0.667. The minimum atomic E-state index is -0.164. The second-order valence-corrected chi connectivity index (χ2v) is 5.72. The van der Waals surface area contributed by atoms with Gasteiger partial charge in [0.05, 0.1) is 18.4 Å². The molecule has 2 N–H and O–H groups in total. The van der Waals surface area contributed by atoms with Crippen molar-refractivity contribution >= 4 is 6.03 Å². The lowest BCUT2D eigenvalue weighted by molar-refractivity contribution is 0.0545. The van der Waals surface area contributed by atoms with Crippen molar-refractivity contribution < 1.29 is 13.9 Å². The zero-order chi connectivity index (χ0) is 14.5. The molecule has 2 amide bonds. The van der Waals surface area contributed by atoms with Gasteiger partial charge in [-0.05, 0) is 31.4 Å². The van der Waals surface area contributed by atoms with E-state index in [1.165, 1.54) is 0 Å². The number of carbonyl (C=O) groups is 1. The molecule has 1 aliphatic rings. The third kappa shape index (κ3) is 3.76. The first-order valence-corrected chi connectivity index (χ1v) is 7.27. The van der Waals surface area contributed by atoms with E-state index in [0.29, 0.717) is 18.4 Å². The summed E-state index contributed by atoms with van der Waals surface area (Å²) in [5.41, 5.74) is 0. The highest BCUT2D eigenvalue weighted by molar-refractivity contribution is 5.74. The monoisotopic (exact) mass is 280 g/mol. The average Bonchev–Trinajstić information content (AvgIpc) is 3.07. The Kier molecular flexibility index (Phi) is 5.06. The molecule has 112 valence electrons. The van der Waals surface area contributed by atoms with Crippen molar-refractivity contribution in [2.45, 2.75) is 39.3 Å². The van der Waals surface area contributed by atoms with Crippen LogP contribution in [0, 0.1) is 11.8 Å². The van der Waals surface area contributed by atoms with E-state index in [2.05, 4.69) is 24.5 Å². The lowest BCUT2D eigenvalue weighted by Gasteiger charge is -2.22. The number of hydrogen-bond acceptors (Lipinski definition) is 3. The van der Waals surface area contributed by atoms with Gasteiger partial charge in [-0.3, -0.25) is 0 Å². The molecule has 1 aromatic rings. The van der Waals surface area contributed by atoms with Crippen molar-refractivity contribution in [3.05, 3.63) is 24.2 Å². The minimum absolute atomic E-state index is 0.134. The summed E-state index contributed by atoms with van der Waals surface area (Å²) < 4.78 is 11.0. The summed E-state index contributed by atoms with van der Waals surface area (Å²) in [5.74, 6) is 1.64. The number of carbonyl (C=O) groups excluding carboxylic acids is 1. The molecule has 2 heterocycles. The second-order valence-electron chi connectivity index (χ2n) is 5.72. The highest BCUT2D eigenvalue weighted by atomic mass is 16.5. The van der Waals surface area contributed by atoms with Gasteiger partial charge in [0.2, 0.25) is 0 Å². The Labute approximate surface area is 120 Å².